The smallest absolute Gasteiger partial charge is 0.243 e. The van der Waals surface area contributed by atoms with E-state index in [0.717, 1.165) is 17.0 Å². The van der Waals surface area contributed by atoms with E-state index in [2.05, 4.69) is 56.9 Å². The zero-order valence-corrected chi connectivity index (χ0v) is 18.9. The van der Waals surface area contributed by atoms with Gasteiger partial charge in [-0.05, 0) is 49.6 Å². The quantitative estimate of drug-likeness (QED) is 0.733. The number of aryl methyl sites for hydroxylation is 1. The van der Waals surface area contributed by atoms with Crippen LogP contribution in [0.3, 0.4) is 0 Å². The molecule has 0 aromatic heterocycles. The van der Waals surface area contributed by atoms with E-state index in [1.165, 1.54) is 5.56 Å². The summed E-state index contributed by atoms with van der Waals surface area (Å²) in [7, 11) is -3.54. The van der Waals surface area contributed by atoms with Crippen LogP contribution < -0.4 is 9.64 Å². The number of benzene rings is 2. The van der Waals surface area contributed by atoms with Crippen LogP contribution >= 0.6 is 0 Å². The first kappa shape index (κ1) is 21.7. The molecule has 158 valence electrons. The number of anilines is 1. The lowest BCUT2D eigenvalue weighted by Gasteiger charge is -2.35. The summed E-state index contributed by atoms with van der Waals surface area (Å²) < 4.78 is 33.9. The van der Waals surface area contributed by atoms with Crippen LogP contribution in [0.4, 0.5) is 5.69 Å². The minimum absolute atomic E-state index is 0.208. The third-order valence-corrected chi connectivity index (χ3v) is 7.23. The van der Waals surface area contributed by atoms with Gasteiger partial charge >= 0.3 is 0 Å². The van der Waals surface area contributed by atoms with Crippen molar-refractivity contribution in [1.29, 1.82) is 0 Å². The molecule has 1 saturated heterocycles. The average Bonchev–Trinajstić information content (AvgIpc) is 2.68. The minimum Gasteiger partial charge on any atom is -0.494 e. The van der Waals surface area contributed by atoms with Crippen LogP contribution in [0.2, 0.25) is 0 Å². The van der Waals surface area contributed by atoms with Crippen molar-refractivity contribution in [2.45, 2.75) is 44.9 Å². The van der Waals surface area contributed by atoms with E-state index in [9.17, 15) is 8.42 Å². The van der Waals surface area contributed by atoms with Gasteiger partial charge in [0.05, 0.1) is 11.5 Å². The van der Waals surface area contributed by atoms with Crippen molar-refractivity contribution in [1.82, 2.24) is 4.31 Å². The third kappa shape index (κ3) is 4.75. The number of hydrogen-bond donors (Lipinski definition) is 0. The Bertz CT molecular complexity index is 939. The topological polar surface area (TPSA) is 49.9 Å². The summed E-state index contributed by atoms with van der Waals surface area (Å²) in [6.07, 6.45) is 0. The van der Waals surface area contributed by atoms with Gasteiger partial charge in [-0.3, -0.25) is 0 Å². The van der Waals surface area contributed by atoms with E-state index in [-0.39, 0.29) is 5.41 Å². The highest BCUT2D eigenvalue weighted by atomic mass is 32.2. The van der Waals surface area contributed by atoms with Crippen LogP contribution in [0.15, 0.2) is 47.4 Å². The maximum absolute atomic E-state index is 13.3. The Kier molecular flexibility index (Phi) is 6.24. The maximum Gasteiger partial charge on any atom is 0.243 e. The summed E-state index contributed by atoms with van der Waals surface area (Å²) in [5.41, 5.74) is 3.07. The number of rotatable bonds is 5. The second-order valence-electron chi connectivity index (χ2n) is 8.57. The lowest BCUT2D eigenvalue weighted by atomic mass is 9.86. The fourth-order valence-corrected chi connectivity index (χ4v) is 5.08. The molecule has 1 aliphatic rings. The Morgan fingerprint density at radius 2 is 1.59 bits per heavy atom. The zero-order valence-electron chi connectivity index (χ0n) is 18.1. The Labute approximate surface area is 175 Å². The first-order valence-electron chi connectivity index (χ1n) is 10.2. The molecule has 29 heavy (non-hydrogen) atoms. The third-order valence-electron chi connectivity index (χ3n) is 5.33. The largest absolute Gasteiger partial charge is 0.494 e. The molecule has 1 heterocycles. The van der Waals surface area contributed by atoms with Gasteiger partial charge in [0.2, 0.25) is 10.0 Å². The molecule has 0 bridgehead atoms. The predicted octanol–water partition coefficient (Wildman–Crippen LogP) is 4.20. The SMILES string of the molecule is CCOc1ccc(S(=O)(=O)N2CCN(c3ccc(C)cc3)CC2)cc1C(C)(C)C. The van der Waals surface area contributed by atoms with E-state index in [0.29, 0.717) is 37.7 Å². The fraction of sp³-hybridized carbons (Fsp3) is 0.478. The van der Waals surface area contributed by atoms with E-state index in [1.807, 2.05) is 6.92 Å². The van der Waals surface area contributed by atoms with Crippen molar-refractivity contribution in [3.05, 3.63) is 53.6 Å². The molecule has 0 amide bonds. The summed E-state index contributed by atoms with van der Waals surface area (Å²) in [6.45, 7) is 13.1. The lowest BCUT2D eigenvalue weighted by molar-refractivity contribution is 0.329. The molecule has 1 aliphatic heterocycles. The molecular weight excluding hydrogens is 384 g/mol. The van der Waals surface area contributed by atoms with Gasteiger partial charge in [0.25, 0.3) is 0 Å². The Morgan fingerprint density at radius 3 is 2.14 bits per heavy atom. The van der Waals surface area contributed by atoms with Crippen LogP contribution in [0.5, 0.6) is 5.75 Å². The normalized spacial score (nSPS) is 16.1. The van der Waals surface area contributed by atoms with Crippen LogP contribution in [0.1, 0.15) is 38.8 Å². The van der Waals surface area contributed by atoms with E-state index >= 15 is 0 Å². The summed E-state index contributed by atoms with van der Waals surface area (Å²) in [4.78, 5) is 2.58. The number of sulfonamides is 1. The van der Waals surface area contributed by atoms with Gasteiger partial charge in [0.1, 0.15) is 5.75 Å². The van der Waals surface area contributed by atoms with Gasteiger partial charge in [0.15, 0.2) is 0 Å². The molecule has 6 heteroatoms. The molecule has 0 spiro atoms. The minimum atomic E-state index is -3.54. The molecule has 0 N–H and O–H groups in total. The monoisotopic (exact) mass is 416 g/mol. The molecule has 0 aliphatic carbocycles. The molecule has 5 nitrogen and oxygen atoms in total. The maximum atomic E-state index is 13.3. The van der Waals surface area contributed by atoms with Gasteiger partial charge < -0.3 is 9.64 Å². The van der Waals surface area contributed by atoms with Crippen molar-refractivity contribution in [2.24, 2.45) is 0 Å². The molecule has 3 rings (SSSR count). The number of piperazine rings is 1. The Balaban J connectivity index is 1.80. The van der Waals surface area contributed by atoms with E-state index in [1.54, 1.807) is 22.5 Å². The number of hydrogen-bond acceptors (Lipinski definition) is 4. The van der Waals surface area contributed by atoms with E-state index < -0.39 is 10.0 Å². The summed E-state index contributed by atoms with van der Waals surface area (Å²) in [5, 5.41) is 0. The summed E-state index contributed by atoms with van der Waals surface area (Å²) in [6, 6.07) is 13.6. The van der Waals surface area contributed by atoms with Gasteiger partial charge in [0, 0.05) is 37.4 Å². The Morgan fingerprint density at radius 1 is 0.966 bits per heavy atom. The van der Waals surface area contributed by atoms with Crippen LogP contribution in [0.25, 0.3) is 0 Å². The summed E-state index contributed by atoms with van der Waals surface area (Å²) >= 11 is 0. The van der Waals surface area contributed by atoms with Crippen LogP contribution in [0, 0.1) is 6.92 Å². The molecular formula is C23H32N2O3S. The predicted molar refractivity (Wildman–Crippen MR) is 118 cm³/mol. The van der Waals surface area contributed by atoms with Gasteiger partial charge in [-0.25, -0.2) is 8.42 Å². The van der Waals surface area contributed by atoms with Crippen molar-refractivity contribution in [2.75, 3.05) is 37.7 Å². The molecule has 0 radical (unpaired) electrons. The first-order chi connectivity index (χ1) is 13.6. The first-order valence-corrected chi connectivity index (χ1v) is 11.7. The molecule has 1 fully saturated rings. The molecule has 2 aromatic carbocycles. The molecule has 0 atom stereocenters. The molecule has 2 aromatic rings. The highest BCUT2D eigenvalue weighted by molar-refractivity contribution is 7.89. The van der Waals surface area contributed by atoms with Gasteiger partial charge in [-0.2, -0.15) is 4.31 Å². The highest BCUT2D eigenvalue weighted by Gasteiger charge is 2.30. The fourth-order valence-electron chi connectivity index (χ4n) is 3.63. The zero-order chi connectivity index (χ0) is 21.2. The summed E-state index contributed by atoms with van der Waals surface area (Å²) in [5.74, 6) is 0.753. The second-order valence-corrected chi connectivity index (χ2v) is 10.5. The number of ether oxygens (including phenoxy) is 1. The van der Waals surface area contributed by atoms with Crippen molar-refractivity contribution in [3.63, 3.8) is 0 Å². The number of nitrogens with zero attached hydrogens (tertiary/aromatic N) is 2. The van der Waals surface area contributed by atoms with Crippen LogP contribution in [-0.4, -0.2) is 45.5 Å². The second kappa shape index (κ2) is 8.36. The lowest BCUT2D eigenvalue weighted by Crippen LogP contribution is -2.48. The van der Waals surface area contributed by atoms with E-state index in [4.69, 9.17) is 4.74 Å². The van der Waals surface area contributed by atoms with Gasteiger partial charge in [-0.1, -0.05) is 38.5 Å². The molecule has 0 saturated carbocycles. The van der Waals surface area contributed by atoms with Crippen molar-refractivity contribution in [3.8, 4) is 5.75 Å². The van der Waals surface area contributed by atoms with Crippen molar-refractivity contribution >= 4 is 15.7 Å². The molecule has 0 unspecified atom stereocenters. The van der Waals surface area contributed by atoms with Gasteiger partial charge in [-0.15, -0.1) is 0 Å². The van der Waals surface area contributed by atoms with Crippen molar-refractivity contribution < 1.29 is 13.2 Å². The highest BCUT2D eigenvalue weighted by Crippen LogP contribution is 2.34. The standard InChI is InChI=1S/C23H32N2O3S/c1-6-28-22-12-11-20(17-21(22)23(3,4)5)29(26,27)25-15-13-24(14-16-25)19-9-7-18(2)8-10-19/h7-12,17H,6,13-16H2,1-5H3. The Hall–Kier alpha value is -2.05. The average molecular weight is 417 g/mol. The van der Waals surface area contributed by atoms with Crippen LogP contribution in [-0.2, 0) is 15.4 Å².